The maximum atomic E-state index is 11.2. The van der Waals surface area contributed by atoms with E-state index >= 15 is 0 Å². The fourth-order valence-corrected chi connectivity index (χ4v) is 1.71. The molecular formula is C10H10O. The van der Waals surface area contributed by atoms with Gasteiger partial charge in [-0.3, -0.25) is 4.79 Å². The van der Waals surface area contributed by atoms with E-state index in [1.807, 2.05) is 12.2 Å². The van der Waals surface area contributed by atoms with Crippen LogP contribution in [0.25, 0.3) is 0 Å². The third kappa shape index (κ3) is 0.881. The average molecular weight is 146 g/mol. The molecule has 0 saturated heterocycles. The summed E-state index contributed by atoms with van der Waals surface area (Å²) in [5.41, 5.74) is 3.49. The summed E-state index contributed by atoms with van der Waals surface area (Å²) >= 11 is 0. The Bertz CT molecular complexity index is 292. The Morgan fingerprint density at radius 2 is 2.27 bits per heavy atom. The van der Waals surface area contributed by atoms with Crippen LogP contribution in [0.1, 0.15) is 19.3 Å². The largest absolute Gasteiger partial charge is 0.294 e. The zero-order valence-corrected chi connectivity index (χ0v) is 6.39. The second-order valence-electron chi connectivity index (χ2n) is 3.04. The summed E-state index contributed by atoms with van der Waals surface area (Å²) < 4.78 is 0. The van der Waals surface area contributed by atoms with Gasteiger partial charge in [0.25, 0.3) is 0 Å². The topological polar surface area (TPSA) is 17.1 Å². The van der Waals surface area contributed by atoms with Crippen LogP contribution in [0.2, 0.25) is 0 Å². The van der Waals surface area contributed by atoms with E-state index in [0.717, 1.165) is 24.8 Å². The highest BCUT2D eigenvalue weighted by Crippen LogP contribution is 2.35. The standard InChI is InChI=1S/C10H10O/c1-2-7-5-8-3-4-10(11)9(8)6-7/h2,6H,1,3-5H2. The van der Waals surface area contributed by atoms with E-state index < -0.39 is 0 Å². The molecule has 0 spiro atoms. The molecule has 0 heterocycles. The minimum Gasteiger partial charge on any atom is -0.294 e. The summed E-state index contributed by atoms with van der Waals surface area (Å²) in [5.74, 6) is 0.317. The Morgan fingerprint density at radius 3 is 2.91 bits per heavy atom. The Labute approximate surface area is 66.1 Å². The van der Waals surface area contributed by atoms with Gasteiger partial charge in [-0.2, -0.15) is 0 Å². The van der Waals surface area contributed by atoms with Gasteiger partial charge in [-0.1, -0.05) is 18.2 Å². The fourth-order valence-electron chi connectivity index (χ4n) is 1.71. The van der Waals surface area contributed by atoms with Gasteiger partial charge in [-0.05, 0) is 24.5 Å². The zero-order valence-electron chi connectivity index (χ0n) is 6.39. The van der Waals surface area contributed by atoms with Crippen LogP contribution < -0.4 is 0 Å². The second kappa shape index (κ2) is 2.19. The Kier molecular flexibility index (Phi) is 1.31. The van der Waals surface area contributed by atoms with E-state index in [1.165, 1.54) is 11.1 Å². The van der Waals surface area contributed by atoms with Gasteiger partial charge in [-0.25, -0.2) is 0 Å². The lowest BCUT2D eigenvalue weighted by Gasteiger charge is -1.94. The van der Waals surface area contributed by atoms with Gasteiger partial charge in [0.1, 0.15) is 0 Å². The number of ketones is 1. The summed E-state index contributed by atoms with van der Waals surface area (Å²) in [6, 6.07) is 0. The van der Waals surface area contributed by atoms with Crippen molar-refractivity contribution in [3.63, 3.8) is 0 Å². The third-order valence-corrected chi connectivity index (χ3v) is 2.34. The van der Waals surface area contributed by atoms with Crippen LogP contribution in [-0.2, 0) is 4.79 Å². The van der Waals surface area contributed by atoms with Gasteiger partial charge in [0, 0.05) is 12.0 Å². The van der Waals surface area contributed by atoms with E-state index in [0.29, 0.717) is 5.78 Å². The first-order valence-corrected chi connectivity index (χ1v) is 3.89. The average Bonchev–Trinajstić information content (AvgIpc) is 2.53. The maximum Gasteiger partial charge on any atom is 0.163 e. The predicted molar refractivity (Wildman–Crippen MR) is 44.2 cm³/mol. The highest BCUT2D eigenvalue weighted by atomic mass is 16.1. The highest BCUT2D eigenvalue weighted by Gasteiger charge is 2.25. The lowest BCUT2D eigenvalue weighted by molar-refractivity contribution is -0.114. The molecule has 0 aliphatic heterocycles. The van der Waals surface area contributed by atoms with Gasteiger partial charge in [0.15, 0.2) is 5.78 Å². The van der Waals surface area contributed by atoms with Crippen molar-refractivity contribution in [2.75, 3.05) is 0 Å². The van der Waals surface area contributed by atoms with Crippen molar-refractivity contribution in [3.8, 4) is 0 Å². The molecule has 2 aliphatic rings. The number of allylic oxidation sites excluding steroid dienone is 5. The maximum absolute atomic E-state index is 11.2. The quantitative estimate of drug-likeness (QED) is 0.554. The van der Waals surface area contributed by atoms with Crippen molar-refractivity contribution in [2.24, 2.45) is 0 Å². The Morgan fingerprint density at radius 1 is 1.45 bits per heavy atom. The second-order valence-corrected chi connectivity index (χ2v) is 3.04. The van der Waals surface area contributed by atoms with E-state index in [2.05, 4.69) is 6.58 Å². The molecule has 0 bridgehead atoms. The van der Waals surface area contributed by atoms with Crippen molar-refractivity contribution in [1.82, 2.24) is 0 Å². The number of hydrogen-bond donors (Lipinski definition) is 0. The summed E-state index contributed by atoms with van der Waals surface area (Å²) in [5, 5.41) is 0. The summed E-state index contributed by atoms with van der Waals surface area (Å²) in [6.45, 7) is 3.69. The van der Waals surface area contributed by atoms with Crippen molar-refractivity contribution < 1.29 is 4.79 Å². The van der Waals surface area contributed by atoms with Gasteiger partial charge < -0.3 is 0 Å². The number of rotatable bonds is 1. The molecule has 0 aromatic rings. The Balaban J connectivity index is 2.33. The van der Waals surface area contributed by atoms with E-state index in [1.54, 1.807) is 0 Å². The van der Waals surface area contributed by atoms with E-state index in [-0.39, 0.29) is 0 Å². The zero-order chi connectivity index (χ0) is 7.84. The van der Waals surface area contributed by atoms with Crippen molar-refractivity contribution in [2.45, 2.75) is 19.3 Å². The molecule has 11 heavy (non-hydrogen) atoms. The van der Waals surface area contributed by atoms with Crippen molar-refractivity contribution in [3.05, 3.63) is 35.5 Å². The molecule has 0 N–H and O–H groups in total. The smallest absolute Gasteiger partial charge is 0.163 e. The van der Waals surface area contributed by atoms with Crippen LogP contribution >= 0.6 is 0 Å². The van der Waals surface area contributed by atoms with E-state index in [9.17, 15) is 4.79 Å². The number of carbonyl (C=O) groups excluding carboxylic acids is 1. The van der Waals surface area contributed by atoms with Gasteiger partial charge in [0.05, 0.1) is 0 Å². The lowest BCUT2D eigenvalue weighted by Crippen LogP contribution is -1.91. The highest BCUT2D eigenvalue weighted by molar-refractivity contribution is 6.02. The molecule has 0 aromatic heterocycles. The minimum atomic E-state index is 0.317. The first kappa shape index (κ1) is 6.59. The van der Waals surface area contributed by atoms with Crippen molar-refractivity contribution in [1.29, 1.82) is 0 Å². The molecule has 1 heteroatoms. The fraction of sp³-hybridized carbons (Fsp3) is 0.300. The normalized spacial score (nSPS) is 22.2. The third-order valence-electron chi connectivity index (χ3n) is 2.34. The summed E-state index contributed by atoms with van der Waals surface area (Å²) in [7, 11) is 0. The van der Waals surface area contributed by atoms with Crippen LogP contribution in [0.15, 0.2) is 35.5 Å². The predicted octanol–water partition coefficient (Wildman–Crippen LogP) is 2.16. The van der Waals surface area contributed by atoms with E-state index in [4.69, 9.17) is 0 Å². The van der Waals surface area contributed by atoms with Crippen LogP contribution in [0.5, 0.6) is 0 Å². The number of hydrogen-bond acceptors (Lipinski definition) is 1. The first-order chi connectivity index (χ1) is 5.31. The number of Topliss-reactive ketones (excluding diaryl/α,β-unsaturated/α-hetero) is 1. The molecule has 0 unspecified atom stereocenters. The van der Waals surface area contributed by atoms with Crippen LogP contribution in [-0.4, -0.2) is 5.78 Å². The molecule has 1 nitrogen and oxygen atoms in total. The molecule has 0 radical (unpaired) electrons. The SMILES string of the molecule is C=CC1=CC2=C(CCC2=O)C1. The molecule has 0 fully saturated rings. The van der Waals surface area contributed by atoms with Gasteiger partial charge >= 0.3 is 0 Å². The minimum absolute atomic E-state index is 0.317. The van der Waals surface area contributed by atoms with Gasteiger partial charge in [-0.15, -0.1) is 0 Å². The molecular weight excluding hydrogens is 136 g/mol. The lowest BCUT2D eigenvalue weighted by atomic mass is 10.1. The molecule has 0 aromatic carbocycles. The number of carbonyl (C=O) groups is 1. The first-order valence-electron chi connectivity index (χ1n) is 3.89. The van der Waals surface area contributed by atoms with Crippen LogP contribution in [0.3, 0.4) is 0 Å². The molecule has 2 rings (SSSR count). The van der Waals surface area contributed by atoms with Crippen LogP contribution in [0, 0.1) is 0 Å². The molecule has 0 saturated carbocycles. The van der Waals surface area contributed by atoms with Crippen LogP contribution in [0.4, 0.5) is 0 Å². The monoisotopic (exact) mass is 146 g/mol. The summed E-state index contributed by atoms with van der Waals surface area (Å²) in [6.07, 6.45) is 6.49. The molecule has 2 aliphatic carbocycles. The molecule has 0 atom stereocenters. The Hall–Kier alpha value is -1.11. The van der Waals surface area contributed by atoms with Gasteiger partial charge in [0.2, 0.25) is 0 Å². The molecule has 56 valence electrons. The summed E-state index contributed by atoms with van der Waals surface area (Å²) in [4.78, 5) is 11.2. The molecule has 0 amide bonds. The van der Waals surface area contributed by atoms with Crippen molar-refractivity contribution >= 4 is 5.78 Å².